The third-order valence-corrected chi connectivity index (χ3v) is 9.56. The van der Waals surface area contributed by atoms with Crippen LogP contribution in [-0.4, -0.2) is 0 Å². The molecule has 2 aromatic heterocycles. The van der Waals surface area contributed by atoms with Crippen molar-refractivity contribution >= 4 is 88.8 Å². The molecule has 4 nitrogen and oxygen atoms in total. The molecule has 8 aromatic carbocycles. The van der Waals surface area contributed by atoms with Crippen LogP contribution >= 0.6 is 0 Å². The Kier molecular flexibility index (Phi) is 6.46. The summed E-state index contributed by atoms with van der Waals surface area (Å²) < 4.78 is 13.1. The fourth-order valence-electron chi connectivity index (χ4n) is 7.32. The summed E-state index contributed by atoms with van der Waals surface area (Å²) in [4.78, 5) is 4.65. The lowest BCUT2D eigenvalue weighted by molar-refractivity contribution is 0.668. The van der Waals surface area contributed by atoms with E-state index in [-0.39, 0.29) is 0 Å². The zero-order valence-corrected chi connectivity index (χ0v) is 27.0. The van der Waals surface area contributed by atoms with Crippen molar-refractivity contribution in [1.29, 1.82) is 0 Å². The summed E-state index contributed by atoms with van der Waals surface area (Å²) in [5.74, 6) is 0. The number of hydrogen-bond donors (Lipinski definition) is 0. The summed E-state index contributed by atoms with van der Waals surface area (Å²) in [6.07, 6.45) is 0. The molecule has 0 aliphatic heterocycles. The SMILES string of the molecule is c1ccc(N(c2cc(N(c3ccccc3)c3ccccc3)c3c(c2)oc2cc4ccccc4cc23)c2ccc3oc4ccccc4c3c2)cc1. The molecule has 2 heterocycles. The summed E-state index contributed by atoms with van der Waals surface area (Å²) in [6, 6.07) is 63.7. The number of furan rings is 2. The van der Waals surface area contributed by atoms with Crippen LogP contribution in [-0.2, 0) is 0 Å². The van der Waals surface area contributed by atoms with Crippen molar-refractivity contribution in [2.45, 2.75) is 0 Å². The van der Waals surface area contributed by atoms with E-state index in [4.69, 9.17) is 8.83 Å². The van der Waals surface area contributed by atoms with Gasteiger partial charge in [-0.05, 0) is 89.6 Å². The van der Waals surface area contributed by atoms with Crippen LogP contribution in [0.2, 0.25) is 0 Å². The standard InChI is InChI=1S/C46H30N2O2/c1-4-16-33(17-5-1)47(36-24-25-43-39(28-36)38-22-12-13-23-42(38)49-43)37-29-41(48(34-18-6-2-7-19-34)35-20-8-3-9-21-35)46-40-26-31-14-10-11-15-32(31)27-44(40)50-45(46)30-37/h1-30H. The highest BCUT2D eigenvalue weighted by atomic mass is 16.3. The molecule has 0 unspecified atom stereocenters. The maximum Gasteiger partial charge on any atom is 0.139 e. The molecule has 0 amide bonds. The third-order valence-electron chi connectivity index (χ3n) is 9.56. The summed E-state index contributed by atoms with van der Waals surface area (Å²) in [7, 11) is 0. The number of benzene rings is 8. The van der Waals surface area contributed by atoms with Gasteiger partial charge in [-0.1, -0.05) is 97.1 Å². The van der Waals surface area contributed by atoms with Gasteiger partial charge >= 0.3 is 0 Å². The molecule has 0 aliphatic carbocycles. The van der Waals surface area contributed by atoms with E-state index in [1.807, 2.05) is 12.1 Å². The van der Waals surface area contributed by atoms with Gasteiger partial charge in [-0.3, -0.25) is 0 Å². The predicted molar refractivity (Wildman–Crippen MR) is 208 cm³/mol. The van der Waals surface area contributed by atoms with Gasteiger partial charge in [-0.25, -0.2) is 0 Å². The molecule has 0 N–H and O–H groups in total. The first-order valence-corrected chi connectivity index (χ1v) is 16.8. The fourth-order valence-corrected chi connectivity index (χ4v) is 7.32. The molecule has 0 fully saturated rings. The zero-order valence-electron chi connectivity index (χ0n) is 27.0. The van der Waals surface area contributed by atoms with E-state index < -0.39 is 0 Å². The molecule has 50 heavy (non-hydrogen) atoms. The Labute approximate surface area is 288 Å². The van der Waals surface area contributed by atoms with Crippen LogP contribution in [0.3, 0.4) is 0 Å². The number of rotatable bonds is 6. The largest absolute Gasteiger partial charge is 0.456 e. The van der Waals surface area contributed by atoms with Crippen LogP contribution in [0.5, 0.6) is 0 Å². The summed E-state index contributed by atoms with van der Waals surface area (Å²) >= 11 is 0. The van der Waals surface area contributed by atoms with Gasteiger partial charge in [0.1, 0.15) is 22.3 Å². The first kappa shape index (κ1) is 28.3. The van der Waals surface area contributed by atoms with Gasteiger partial charge in [0.2, 0.25) is 0 Å². The molecule has 0 atom stereocenters. The summed E-state index contributed by atoms with van der Waals surface area (Å²) in [6.45, 7) is 0. The average molecular weight is 643 g/mol. The second kappa shape index (κ2) is 11.4. The molecule has 10 rings (SSSR count). The van der Waals surface area contributed by atoms with E-state index in [0.29, 0.717) is 0 Å². The lowest BCUT2D eigenvalue weighted by Crippen LogP contribution is -2.13. The molecule has 0 saturated heterocycles. The lowest BCUT2D eigenvalue weighted by atomic mass is 10.0. The quantitative estimate of drug-likeness (QED) is 0.181. The second-order valence-corrected chi connectivity index (χ2v) is 12.6. The summed E-state index contributed by atoms with van der Waals surface area (Å²) in [5.41, 5.74) is 9.60. The van der Waals surface area contributed by atoms with Gasteiger partial charge in [0, 0.05) is 45.0 Å². The normalized spacial score (nSPS) is 11.6. The van der Waals surface area contributed by atoms with Crippen molar-refractivity contribution < 1.29 is 8.83 Å². The van der Waals surface area contributed by atoms with E-state index in [1.165, 1.54) is 5.39 Å². The third kappa shape index (κ3) is 4.61. The van der Waals surface area contributed by atoms with Crippen molar-refractivity contribution in [2.75, 3.05) is 9.80 Å². The van der Waals surface area contributed by atoms with E-state index in [9.17, 15) is 0 Å². The molecule has 0 aliphatic rings. The minimum atomic E-state index is 0.815. The average Bonchev–Trinajstić information content (AvgIpc) is 3.73. The highest BCUT2D eigenvalue weighted by Gasteiger charge is 2.24. The Morgan fingerprint density at radius 3 is 1.56 bits per heavy atom. The first-order chi connectivity index (χ1) is 24.8. The zero-order chi connectivity index (χ0) is 33.0. The van der Waals surface area contributed by atoms with Crippen molar-refractivity contribution in [3.8, 4) is 0 Å². The molecule has 0 radical (unpaired) electrons. The Morgan fingerprint density at radius 1 is 0.300 bits per heavy atom. The molecule has 4 heteroatoms. The Hall–Kier alpha value is -6.78. The van der Waals surface area contributed by atoms with Crippen molar-refractivity contribution in [3.63, 3.8) is 0 Å². The van der Waals surface area contributed by atoms with Gasteiger partial charge < -0.3 is 18.6 Å². The molecule has 0 bridgehead atoms. The minimum absolute atomic E-state index is 0.815. The maximum atomic E-state index is 6.83. The van der Waals surface area contributed by atoms with Crippen LogP contribution in [0.25, 0.3) is 54.6 Å². The number of para-hydroxylation sites is 4. The molecule has 0 spiro atoms. The van der Waals surface area contributed by atoms with Gasteiger partial charge in [-0.2, -0.15) is 0 Å². The van der Waals surface area contributed by atoms with Crippen LogP contribution in [0.4, 0.5) is 34.1 Å². The van der Waals surface area contributed by atoms with Crippen LogP contribution in [0, 0.1) is 0 Å². The van der Waals surface area contributed by atoms with E-state index >= 15 is 0 Å². The smallest absolute Gasteiger partial charge is 0.139 e. The van der Waals surface area contributed by atoms with Crippen LogP contribution < -0.4 is 9.80 Å². The summed E-state index contributed by atoms with van der Waals surface area (Å²) in [5, 5.41) is 6.63. The van der Waals surface area contributed by atoms with E-state index in [2.05, 4.69) is 180 Å². The monoisotopic (exact) mass is 642 g/mol. The number of nitrogens with zero attached hydrogens (tertiary/aromatic N) is 2. The second-order valence-electron chi connectivity index (χ2n) is 12.6. The lowest BCUT2D eigenvalue weighted by Gasteiger charge is -2.30. The molecule has 236 valence electrons. The highest BCUT2D eigenvalue weighted by molar-refractivity contribution is 6.17. The number of anilines is 6. The highest BCUT2D eigenvalue weighted by Crippen LogP contribution is 2.48. The first-order valence-electron chi connectivity index (χ1n) is 16.8. The van der Waals surface area contributed by atoms with E-state index in [1.54, 1.807) is 0 Å². The van der Waals surface area contributed by atoms with Gasteiger partial charge in [-0.15, -0.1) is 0 Å². The number of fused-ring (bicyclic) bond motifs is 7. The van der Waals surface area contributed by atoms with E-state index in [0.717, 1.165) is 83.4 Å². The van der Waals surface area contributed by atoms with Crippen molar-refractivity contribution in [3.05, 3.63) is 182 Å². The maximum absolute atomic E-state index is 6.83. The predicted octanol–water partition coefficient (Wildman–Crippen LogP) is 13.6. The minimum Gasteiger partial charge on any atom is -0.456 e. The van der Waals surface area contributed by atoms with Gasteiger partial charge in [0.15, 0.2) is 0 Å². The number of hydrogen-bond acceptors (Lipinski definition) is 4. The van der Waals surface area contributed by atoms with Crippen molar-refractivity contribution in [1.82, 2.24) is 0 Å². The van der Waals surface area contributed by atoms with Gasteiger partial charge in [0.25, 0.3) is 0 Å². The van der Waals surface area contributed by atoms with Crippen molar-refractivity contribution in [2.24, 2.45) is 0 Å². The fraction of sp³-hybridized carbons (Fsp3) is 0. The van der Waals surface area contributed by atoms with Gasteiger partial charge in [0.05, 0.1) is 16.8 Å². The Bertz CT molecular complexity index is 2780. The molecular formula is C46H30N2O2. The van der Waals surface area contributed by atoms with Crippen LogP contribution in [0.15, 0.2) is 191 Å². The molecular weight excluding hydrogens is 613 g/mol. The topological polar surface area (TPSA) is 32.8 Å². The molecule has 0 saturated carbocycles. The Morgan fingerprint density at radius 2 is 0.860 bits per heavy atom. The Balaban J connectivity index is 1.30. The molecule has 10 aromatic rings. The van der Waals surface area contributed by atoms with Crippen LogP contribution in [0.1, 0.15) is 0 Å².